The lowest BCUT2D eigenvalue weighted by atomic mass is 10.1. The molecule has 8 heteroatoms. The van der Waals surface area contributed by atoms with Gasteiger partial charge in [-0.3, -0.25) is 9.59 Å². The van der Waals surface area contributed by atoms with Crippen molar-refractivity contribution >= 4 is 39.2 Å². The number of likely N-dealkylation sites (tertiary alicyclic amines) is 1. The van der Waals surface area contributed by atoms with Gasteiger partial charge in [-0.1, -0.05) is 54.2 Å². The van der Waals surface area contributed by atoms with Gasteiger partial charge in [0.25, 0.3) is 11.5 Å². The van der Waals surface area contributed by atoms with Crippen LogP contribution in [0.2, 0.25) is 0 Å². The monoisotopic (exact) mass is 462 g/mol. The van der Waals surface area contributed by atoms with Crippen LogP contribution in [0.25, 0.3) is 21.3 Å². The molecule has 0 spiro atoms. The van der Waals surface area contributed by atoms with Gasteiger partial charge in [0, 0.05) is 35.3 Å². The number of aromatic nitrogens is 2. The summed E-state index contributed by atoms with van der Waals surface area (Å²) in [5, 5.41) is 2.98. The van der Waals surface area contributed by atoms with E-state index < -0.39 is 0 Å². The summed E-state index contributed by atoms with van der Waals surface area (Å²) in [7, 11) is 0. The number of fused-ring (bicyclic) bond motifs is 1. The van der Waals surface area contributed by atoms with Crippen LogP contribution < -0.4 is 11.4 Å². The summed E-state index contributed by atoms with van der Waals surface area (Å²) >= 11 is 2.86. The second-order valence-electron chi connectivity index (χ2n) is 7.75. The van der Waals surface area contributed by atoms with Crippen LogP contribution >= 0.6 is 23.1 Å². The zero-order valence-corrected chi connectivity index (χ0v) is 19.0. The Bertz CT molecular complexity index is 1320. The molecule has 5 rings (SSSR count). The summed E-state index contributed by atoms with van der Waals surface area (Å²) in [4.78, 5) is 32.8. The van der Waals surface area contributed by atoms with Crippen LogP contribution in [0.3, 0.4) is 0 Å². The van der Waals surface area contributed by atoms with E-state index in [4.69, 9.17) is 5.84 Å². The molecule has 1 aliphatic rings. The fourth-order valence-corrected chi connectivity index (χ4v) is 5.77. The lowest BCUT2D eigenvalue weighted by Crippen LogP contribution is -2.29. The van der Waals surface area contributed by atoms with Gasteiger partial charge in [0.1, 0.15) is 4.83 Å². The fourth-order valence-electron chi connectivity index (χ4n) is 3.91. The predicted molar refractivity (Wildman–Crippen MR) is 131 cm³/mol. The van der Waals surface area contributed by atoms with Gasteiger partial charge >= 0.3 is 0 Å². The van der Waals surface area contributed by atoms with Crippen molar-refractivity contribution in [1.82, 2.24) is 14.6 Å². The fraction of sp³-hybridized carbons (Fsp3) is 0.208. The molecule has 1 fully saturated rings. The molecule has 2 N–H and O–H groups in total. The van der Waals surface area contributed by atoms with E-state index in [1.165, 1.54) is 23.1 Å². The Labute approximate surface area is 193 Å². The Hall–Kier alpha value is -3.10. The van der Waals surface area contributed by atoms with E-state index >= 15 is 0 Å². The molecule has 0 radical (unpaired) electrons. The van der Waals surface area contributed by atoms with Crippen molar-refractivity contribution in [2.75, 3.05) is 18.9 Å². The van der Waals surface area contributed by atoms with Crippen molar-refractivity contribution in [1.29, 1.82) is 0 Å². The Morgan fingerprint density at radius 3 is 2.50 bits per heavy atom. The highest BCUT2D eigenvalue weighted by molar-refractivity contribution is 7.98. The summed E-state index contributed by atoms with van der Waals surface area (Å²) in [5.74, 6) is 6.82. The first-order valence-electron chi connectivity index (χ1n) is 10.5. The molecule has 1 amide bonds. The zero-order valence-electron chi connectivity index (χ0n) is 17.4. The first-order valence-corrected chi connectivity index (χ1v) is 12.3. The number of nitrogen functional groups attached to an aromatic ring is 1. The van der Waals surface area contributed by atoms with Gasteiger partial charge in [-0.25, -0.2) is 9.66 Å². The number of hydrogen-bond acceptors (Lipinski definition) is 6. The zero-order chi connectivity index (χ0) is 22.1. The summed E-state index contributed by atoms with van der Waals surface area (Å²) in [6, 6.07) is 17.4. The highest BCUT2D eigenvalue weighted by Crippen LogP contribution is 2.32. The maximum absolute atomic E-state index is 13.0. The lowest BCUT2D eigenvalue weighted by molar-refractivity contribution is 0.0793. The number of nitrogens with zero attached hydrogens (tertiary/aromatic N) is 3. The second-order valence-corrected chi connectivity index (χ2v) is 9.55. The number of nitrogens with two attached hydrogens (primary N) is 1. The molecule has 4 aromatic rings. The molecular formula is C24H22N4O2S2. The van der Waals surface area contributed by atoms with Crippen molar-refractivity contribution in [2.24, 2.45) is 0 Å². The van der Waals surface area contributed by atoms with Gasteiger partial charge in [0.2, 0.25) is 0 Å². The van der Waals surface area contributed by atoms with Crippen molar-refractivity contribution in [3.63, 3.8) is 0 Å². The smallest absolute Gasteiger partial charge is 0.282 e. The summed E-state index contributed by atoms with van der Waals surface area (Å²) < 4.78 is 1.14. The minimum atomic E-state index is -0.246. The second kappa shape index (κ2) is 8.80. The molecule has 32 heavy (non-hydrogen) atoms. The van der Waals surface area contributed by atoms with Gasteiger partial charge in [-0.05, 0) is 36.1 Å². The molecule has 0 unspecified atom stereocenters. The Kier molecular flexibility index (Phi) is 5.71. The van der Waals surface area contributed by atoms with Gasteiger partial charge in [0.15, 0.2) is 5.16 Å². The first-order chi connectivity index (χ1) is 15.6. The number of amides is 1. The molecule has 6 nitrogen and oxygen atoms in total. The topological polar surface area (TPSA) is 81.2 Å². The number of benzene rings is 2. The van der Waals surface area contributed by atoms with Crippen LogP contribution in [-0.2, 0) is 5.75 Å². The molecule has 0 atom stereocenters. The average molecular weight is 463 g/mol. The minimum absolute atomic E-state index is 0.0940. The average Bonchev–Trinajstić information content (AvgIpc) is 3.51. The summed E-state index contributed by atoms with van der Waals surface area (Å²) in [5.41, 5.74) is 3.34. The minimum Gasteiger partial charge on any atom is -0.339 e. The van der Waals surface area contributed by atoms with Crippen LogP contribution in [0.15, 0.2) is 69.9 Å². The largest absolute Gasteiger partial charge is 0.339 e. The molecule has 0 bridgehead atoms. The van der Waals surface area contributed by atoms with E-state index in [0.29, 0.717) is 26.7 Å². The maximum atomic E-state index is 13.0. The van der Waals surface area contributed by atoms with Gasteiger partial charge in [-0.15, -0.1) is 11.3 Å². The molecule has 2 aromatic carbocycles. The SMILES string of the molecule is Nn1c(SCc2ccc(C(=O)N3CCCC3)cc2)nc2scc(-c3ccccc3)c2c1=O. The normalized spacial score (nSPS) is 13.7. The Morgan fingerprint density at radius 1 is 1.06 bits per heavy atom. The molecule has 1 aliphatic heterocycles. The molecule has 1 saturated heterocycles. The predicted octanol–water partition coefficient (Wildman–Crippen LogP) is 4.37. The highest BCUT2D eigenvalue weighted by atomic mass is 32.2. The summed E-state index contributed by atoms with van der Waals surface area (Å²) in [6.45, 7) is 1.68. The van der Waals surface area contributed by atoms with Crippen molar-refractivity contribution in [3.05, 3.63) is 81.5 Å². The van der Waals surface area contributed by atoms with Crippen LogP contribution in [0.4, 0.5) is 0 Å². The number of rotatable bonds is 5. The number of carbonyl (C=O) groups excluding carboxylic acids is 1. The van der Waals surface area contributed by atoms with Crippen molar-refractivity contribution in [3.8, 4) is 11.1 Å². The number of carbonyl (C=O) groups is 1. The van der Waals surface area contributed by atoms with Crippen LogP contribution in [-0.4, -0.2) is 33.6 Å². The van der Waals surface area contributed by atoms with Crippen LogP contribution in [0.5, 0.6) is 0 Å². The highest BCUT2D eigenvalue weighted by Gasteiger charge is 2.19. The first kappa shape index (κ1) is 20.8. The third kappa shape index (κ3) is 3.91. The van der Waals surface area contributed by atoms with Crippen molar-refractivity contribution in [2.45, 2.75) is 23.8 Å². The number of thioether (sulfide) groups is 1. The van der Waals surface area contributed by atoms with Crippen LogP contribution in [0, 0.1) is 0 Å². The third-order valence-electron chi connectivity index (χ3n) is 5.65. The number of thiophene rings is 1. The van der Waals surface area contributed by atoms with E-state index in [1.807, 2.05) is 64.9 Å². The van der Waals surface area contributed by atoms with E-state index in [0.717, 1.165) is 47.3 Å². The van der Waals surface area contributed by atoms with Gasteiger partial charge in [0.05, 0.1) is 5.39 Å². The van der Waals surface area contributed by atoms with Crippen LogP contribution in [0.1, 0.15) is 28.8 Å². The number of hydrogen-bond donors (Lipinski definition) is 1. The van der Waals surface area contributed by atoms with Gasteiger partial charge < -0.3 is 10.7 Å². The van der Waals surface area contributed by atoms with Gasteiger partial charge in [-0.2, -0.15) is 0 Å². The Balaban J connectivity index is 1.35. The van der Waals surface area contributed by atoms with E-state index in [-0.39, 0.29) is 11.5 Å². The van der Waals surface area contributed by atoms with E-state index in [1.54, 1.807) is 0 Å². The van der Waals surface area contributed by atoms with E-state index in [2.05, 4.69) is 4.98 Å². The molecule has 3 heterocycles. The standard InChI is InChI=1S/C24H22N4O2S2/c25-28-23(30)20-19(17-6-2-1-3-7-17)15-31-21(20)26-24(28)32-14-16-8-10-18(11-9-16)22(29)27-12-4-5-13-27/h1-3,6-11,15H,4-5,12-14,25H2. The molecular weight excluding hydrogens is 440 g/mol. The molecule has 0 saturated carbocycles. The molecule has 0 aliphatic carbocycles. The third-order valence-corrected chi connectivity index (χ3v) is 7.55. The summed E-state index contributed by atoms with van der Waals surface area (Å²) in [6.07, 6.45) is 2.16. The molecule has 2 aromatic heterocycles. The maximum Gasteiger partial charge on any atom is 0.282 e. The molecule has 162 valence electrons. The lowest BCUT2D eigenvalue weighted by Gasteiger charge is -2.15. The quantitative estimate of drug-likeness (QED) is 0.271. The Morgan fingerprint density at radius 2 is 1.78 bits per heavy atom. The van der Waals surface area contributed by atoms with Crippen molar-refractivity contribution < 1.29 is 4.79 Å². The van der Waals surface area contributed by atoms with E-state index in [9.17, 15) is 9.59 Å².